The second-order valence-corrected chi connectivity index (χ2v) is 7.32. The number of nitriles is 1. The zero-order valence-corrected chi connectivity index (χ0v) is 18.1. The molecule has 3 heterocycles. The van der Waals surface area contributed by atoms with Crippen molar-refractivity contribution in [3.8, 4) is 17.7 Å². The lowest BCUT2D eigenvalue weighted by Crippen LogP contribution is -2.22. The smallest absolute Gasteiger partial charge is 0.311 e. The first-order valence-electron chi connectivity index (χ1n) is 9.91. The zero-order chi connectivity index (χ0) is 24.4. The third-order valence-corrected chi connectivity index (χ3v) is 5.37. The molecule has 3 aromatic rings. The standard InChI is InChI=1S/C21H19N7O6/c1-32-16-4-3-11(5-12(16)9-27-10-13(8-24-27)28(30)31)18-14(7-22)20(23)34-21-19(18)15(25-26-21)6-17(29)33-2/h3-5,8,10,18H,6,9,23H2,1-2H3,(H,25,26). The van der Waals surface area contributed by atoms with E-state index in [9.17, 15) is 20.2 Å². The third kappa shape index (κ3) is 3.99. The van der Waals surface area contributed by atoms with Gasteiger partial charge in [0.2, 0.25) is 11.8 Å². The van der Waals surface area contributed by atoms with E-state index in [1.807, 2.05) is 0 Å². The van der Waals surface area contributed by atoms with E-state index in [1.165, 1.54) is 25.1 Å². The topological polar surface area (TPSA) is 184 Å². The molecule has 13 nitrogen and oxygen atoms in total. The number of hydrogen-bond acceptors (Lipinski definition) is 10. The molecule has 0 spiro atoms. The summed E-state index contributed by atoms with van der Waals surface area (Å²) in [5, 5.41) is 31.7. The third-order valence-electron chi connectivity index (χ3n) is 5.37. The Labute approximate surface area is 192 Å². The second-order valence-electron chi connectivity index (χ2n) is 7.32. The fourth-order valence-corrected chi connectivity index (χ4v) is 3.80. The van der Waals surface area contributed by atoms with Gasteiger partial charge in [0.05, 0.1) is 49.3 Å². The first kappa shape index (κ1) is 22.3. The zero-order valence-electron chi connectivity index (χ0n) is 18.1. The minimum absolute atomic E-state index is 0.101. The average Bonchev–Trinajstić information content (AvgIpc) is 3.45. The maximum Gasteiger partial charge on any atom is 0.311 e. The van der Waals surface area contributed by atoms with Crippen LogP contribution < -0.4 is 15.2 Å². The number of aromatic nitrogens is 4. The van der Waals surface area contributed by atoms with Crippen LogP contribution in [0.25, 0.3) is 0 Å². The van der Waals surface area contributed by atoms with Crippen molar-refractivity contribution < 1.29 is 23.9 Å². The number of esters is 1. The number of aromatic amines is 1. The van der Waals surface area contributed by atoms with Gasteiger partial charge in [-0.15, -0.1) is 5.10 Å². The van der Waals surface area contributed by atoms with Crippen LogP contribution in [0.4, 0.5) is 5.69 Å². The Balaban J connectivity index is 1.80. The van der Waals surface area contributed by atoms with Crippen molar-refractivity contribution in [2.45, 2.75) is 18.9 Å². The minimum atomic E-state index is -0.691. The van der Waals surface area contributed by atoms with Gasteiger partial charge in [0, 0.05) is 5.56 Å². The first-order chi connectivity index (χ1) is 16.4. The molecular weight excluding hydrogens is 446 g/mol. The van der Waals surface area contributed by atoms with Gasteiger partial charge in [0.1, 0.15) is 29.8 Å². The fraction of sp³-hybridized carbons (Fsp3) is 0.238. The number of rotatable bonds is 7. The molecule has 34 heavy (non-hydrogen) atoms. The number of allylic oxidation sites excluding steroid dienone is 1. The molecule has 0 fully saturated rings. The maximum absolute atomic E-state index is 11.9. The van der Waals surface area contributed by atoms with Crippen LogP contribution in [0.15, 0.2) is 42.0 Å². The Morgan fingerprint density at radius 2 is 2.24 bits per heavy atom. The van der Waals surface area contributed by atoms with Crippen molar-refractivity contribution in [1.29, 1.82) is 5.26 Å². The summed E-state index contributed by atoms with van der Waals surface area (Å²) in [6.07, 6.45) is 2.35. The number of hydrogen-bond donors (Lipinski definition) is 2. The fourth-order valence-electron chi connectivity index (χ4n) is 3.80. The SMILES string of the molecule is COC(=O)Cc1[nH]nc2c1C(c1ccc(OC)c(Cn3cc([N+](=O)[O-])cn3)c1)C(C#N)=C(N)O2. The van der Waals surface area contributed by atoms with Gasteiger partial charge in [-0.3, -0.25) is 24.7 Å². The Kier molecular flexibility index (Phi) is 5.88. The number of nitrogens with zero attached hydrogens (tertiary/aromatic N) is 5. The highest BCUT2D eigenvalue weighted by Crippen LogP contribution is 2.43. The van der Waals surface area contributed by atoms with Gasteiger partial charge < -0.3 is 19.9 Å². The molecule has 0 radical (unpaired) electrons. The van der Waals surface area contributed by atoms with Gasteiger partial charge >= 0.3 is 11.7 Å². The normalized spacial score (nSPS) is 14.7. The number of carbonyl (C=O) groups excluding carboxylic acids is 1. The van der Waals surface area contributed by atoms with Crippen LogP contribution in [0, 0.1) is 21.4 Å². The van der Waals surface area contributed by atoms with Gasteiger partial charge in [-0.25, -0.2) is 0 Å². The van der Waals surface area contributed by atoms with E-state index in [0.29, 0.717) is 28.1 Å². The van der Waals surface area contributed by atoms with Gasteiger partial charge in [0.25, 0.3) is 0 Å². The van der Waals surface area contributed by atoms with Crippen molar-refractivity contribution in [1.82, 2.24) is 20.0 Å². The molecule has 1 aromatic carbocycles. The van der Waals surface area contributed by atoms with Crippen LogP contribution >= 0.6 is 0 Å². The van der Waals surface area contributed by atoms with Gasteiger partial charge in [-0.1, -0.05) is 6.07 Å². The number of H-pyrrole nitrogens is 1. The van der Waals surface area contributed by atoms with E-state index in [0.717, 1.165) is 6.20 Å². The highest BCUT2D eigenvalue weighted by atomic mass is 16.6. The van der Waals surface area contributed by atoms with Crippen LogP contribution in [0.3, 0.4) is 0 Å². The van der Waals surface area contributed by atoms with E-state index in [4.69, 9.17) is 19.9 Å². The van der Waals surface area contributed by atoms with E-state index >= 15 is 0 Å². The van der Waals surface area contributed by atoms with Gasteiger partial charge in [-0.2, -0.15) is 10.4 Å². The number of nitro groups is 1. The second kappa shape index (κ2) is 8.94. The average molecular weight is 465 g/mol. The molecule has 1 aliphatic rings. The summed E-state index contributed by atoms with van der Waals surface area (Å²) < 4.78 is 17.1. The number of nitrogens with one attached hydrogen (secondary N) is 1. The molecule has 0 amide bonds. The summed E-state index contributed by atoms with van der Waals surface area (Å²) in [5.41, 5.74) is 8.22. The number of ether oxygens (including phenoxy) is 3. The van der Waals surface area contributed by atoms with Crippen LogP contribution in [0.5, 0.6) is 11.6 Å². The lowest BCUT2D eigenvalue weighted by molar-refractivity contribution is -0.385. The lowest BCUT2D eigenvalue weighted by atomic mass is 9.83. The number of benzene rings is 1. The lowest BCUT2D eigenvalue weighted by Gasteiger charge is -2.24. The maximum atomic E-state index is 11.9. The van der Waals surface area contributed by atoms with E-state index in [-0.39, 0.29) is 36.0 Å². The molecule has 1 aliphatic heterocycles. The Bertz CT molecular complexity index is 1350. The number of nitrogens with two attached hydrogens (primary N) is 1. The molecular formula is C21H19N7O6. The van der Waals surface area contributed by atoms with E-state index in [1.54, 1.807) is 18.2 Å². The number of methoxy groups -OCH3 is 2. The molecule has 0 saturated carbocycles. The molecule has 0 bridgehead atoms. The van der Waals surface area contributed by atoms with Crippen LogP contribution in [0.2, 0.25) is 0 Å². The molecule has 0 saturated heterocycles. The monoisotopic (exact) mass is 465 g/mol. The van der Waals surface area contributed by atoms with Crippen LogP contribution in [-0.2, 0) is 22.5 Å². The predicted molar refractivity (Wildman–Crippen MR) is 115 cm³/mol. The number of carbonyl (C=O) groups is 1. The van der Waals surface area contributed by atoms with Gasteiger partial charge in [0.15, 0.2) is 0 Å². The Morgan fingerprint density at radius 3 is 2.88 bits per heavy atom. The molecule has 2 aromatic heterocycles. The summed E-state index contributed by atoms with van der Waals surface area (Å²) >= 11 is 0. The summed E-state index contributed by atoms with van der Waals surface area (Å²) in [6.45, 7) is 0.169. The summed E-state index contributed by atoms with van der Waals surface area (Å²) in [5.74, 6) is -0.617. The summed E-state index contributed by atoms with van der Waals surface area (Å²) in [4.78, 5) is 22.4. The predicted octanol–water partition coefficient (Wildman–Crippen LogP) is 1.50. The highest BCUT2D eigenvalue weighted by Gasteiger charge is 2.36. The molecule has 13 heteroatoms. The van der Waals surface area contributed by atoms with Crippen LogP contribution in [-0.4, -0.2) is 45.1 Å². The molecule has 174 valence electrons. The highest BCUT2D eigenvalue weighted by molar-refractivity contribution is 5.73. The van der Waals surface area contributed by atoms with Gasteiger partial charge in [-0.05, 0) is 17.7 Å². The van der Waals surface area contributed by atoms with Crippen molar-refractivity contribution in [3.63, 3.8) is 0 Å². The molecule has 0 aliphatic carbocycles. The summed E-state index contributed by atoms with van der Waals surface area (Å²) in [7, 11) is 2.77. The quantitative estimate of drug-likeness (QED) is 0.294. The van der Waals surface area contributed by atoms with E-state index in [2.05, 4.69) is 21.4 Å². The summed E-state index contributed by atoms with van der Waals surface area (Å²) in [6, 6.07) is 7.34. The first-order valence-corrected chi connectivity index (χ1v) is 9.91. The van der Waals surface area contributed by atoms with E-state index < -0.39 is 16.8 Å². The van der Waals surface area contributed by atoms with Crippen LogP contribution in [0.1, 0.15) is 28.3 Å². The Hall–Kier alpha value is -4.86. The molecule has 1 atom stereocenters. The Morgan fingerprint density at radius 1 is 1.44 bits per heavy atom. The minimum Gasteiger partial charge on any atom is -0.496 e. The van der Waals surface area contributed by atoms with Crippen molar-refractivity contribution in [2.75, 3.05) is 14.2 Å². The largest absolute Gasteiger partial charge is 0.496 e. The van der Waals surface area contributed by atoms with Crippen molar-refractivity contribution in [3.05, 3.63) is 74.5 Å². The molecule has 3 N–H and O–H groups in total. The van der Waals surface area contributed by atoms with Crippen molar-refractivity contribution in [2.24, 2.45) is 5.73 Å². The number of fused-ring (bicyclic) bond motifs is 1. The molecule has 1 unspecified atom stereocenters. The molecule has 4 rings (SSSR count). The van der Waals surface area contributed by atoms with Crippen molar-refractivity contribution >= 4 is 11.7 Å².